The largest absolute Gasteiger partial charge is 0.465 e. The summed E-state index contributed by atoms with van der Waals surface area (Å²) in [7, 11) is 0. The maximum Gasteiger partial charge on any atom is 0.150 e. The summed E-state index contributed by atoms with van der Waals surface area (Å²) in [6.45, 7) is 0. The number of hydrogen-bond acceptors (Lipinski definition) is 3. The van der Waals surface area contributed by atoms with Crippen LogP contribution in [0.4, 0.5) is 0 Å². The lowest BCUT2D eigenvalue weighted by Gasteiger charge is -2.09. The Morgan fingerprint density at radius 3 is 2.44 bits per heavy atom. The average molecular weight is 299 g/mol. The third-order valence-electron chi connectivity index (χ3n) is 2.32. The van der Waals surface area contributed by atoms with Crippen LogP contribution in [0.15, 0.2) is 50.4 Å². The zero-order chi connectivity index (χ0) is 11.5. The van der Waals surface area contributed by atoms with Crippen molar-refractivity contribution in [2.75, 3.05) is 6.26 Å². The van der Waals surface area contributed by atoms with Gasteiger partial charge in [0, 0.05) is 4.90 Å². The van der Waals surface area contributed by atoms with Crippen molar-refractivity contribution >= 4 is 27.7 Å². The quantitative estimate of drug-likeness (QED) is 0.874. The molecule has 0 amide bonds. The number of benzene rings is 1. The summed E-state index contributed by atoms with van der Waals surface area (Å²) in [6, 6.07) is 9.56. The minimum absolute atomic E-state index is 0.539. The van der Waals surface area contributed by atoms with Crippen molar-refractivity contribution in [3.05, 3.63) is 52.4 Å². The predicted molar refractivity (Wildman–Crippen MR) is 68.7 cm³/mol. The molecule has 1 unspecified atom stereocenters. The van der Waals surface area contributed by atoms with Crippen LogP contribution < -0.4 is 0 Å². The Balaban J connectivity index is 2.27. The highest BCUT2D eigenvalue weighted by Crippen LogP contribution is 2.30. The first-order valence-corrected chi connectivity index (χ1v) is 6.79. The van der Waals surface area contributed by atoms with Gasteiger partial charge in [0.1, 0.15) is 6.10 Å². The van der Waals surface area contributed by atoms with Gasteiger partial charge in [-0.15, -0.1) is 11.8 Å². The average Bonchev–Trinajstić information content (AvgIpc) is 2.75. The number of halogens is 1. The second-order valence-corrected chi connectivity index (χ2v) is 5.04. The molecule has 16 heavy (non-hydrogen) atoms. The van der Waals surface area contributed by atoms with Gasteiger partial charge < -0.3 is 9.52 Å². The van der Waals surface area contributed by atoms with Crippen molar-refractivity contribution in [2.24, 2.45) is 0 Å². The van der Waals surface area contributed by atoms with E-state index in [1.54, 1.807) is 24.1 Å². The summed E-state index contributed by atoms with van der Waals surface area (Å²) in [5.74, 6) is 0.539. The Morgan fingerprint density at radius 1 is 1.25 bits per heavy atom. The molecule has 0 saturated carbocycles. The Labute approximate surface area is 107 Å². The monoisotopic (exact) mass is 298 g/mol. The van der Waals surface area contributed by atoms with E-state index >= 15 is 0 Å². The molecule has 1 heterocycles. The molecule has 2 rings (SSSR count). The van der Waals surface area contributed by atoms with Gasteiger partial charge >= 0.3 is 0 Å². The van der Waals surface area contributed by atoms with E-state index in [1.165, 1.54) is 4.90 Å². The molecule has 2 nitrogen and oxygen atoms in total. The molecule has 1 aromatic carbocycles. The molecular weight excluding hydrogens is 288 g/mol. The fourth-order valence-electron chi connectivity index (χ4n) is 1.44. The van der Waals surface area contributed by atoms with Gasteiger partial charge in [-0.1, -0.05) is 12.1 Å². The maximum atomic E-state index is 10.1. The van der Waals surface area contributed by atoms with E-state index in [1.807, 2.05) is 30.5 Å². The molecule has 0 aliphatic carbocycles. The van der Waals surface area contributed by atoms with Crippen LogP contribution in [-0.4, -0.2) is 11.4 Å². The summed E-state index contributed by atoms with van der Waals surface area (Å²) in [5, 5.41) is 10.1. The van der Waals surface area contributed by atoms with Crippen molar-refractivity contribution in [1.82, 2.24) is 0 Å². The van der Waals surface area contributed by atoms with E-state index < -0.39 is 6.10 Å². The molecule has 0 saturated heterocycles. The van der Waals surface area contributed by atoms with Crippen LogP contribution in [0.25, 0.3) is 0 Å². The molecule has 0 aliphatic rings. The van der Waals surface area contributed by atoms with E-state index in [4.69, 9.17) is 4.42 Å². The summed E-state index contributed by atoms with van der Waals surface area (Å²) in [4.78, 5) is 1.18. The van der Waals surface area contributed by atoms with Crippen molar-refractivity contribution in [1.29, 1.82) is 0 Å². The van der Waals surface area contributed by atoms with E-state index in [0.717, 1.165) is 10.0 Å². The van der Waals surface area contributed by atoms with E-state index in [0.29, 0.717) is 5.76 Å². The second-order valence-electron chi connectivity index (χ2n) is 3.31. The van der Waals surface area contributed by atoms with Crippen molar-refractivity contribution in [3.63, 3.8) is 0 Å². The van der Waals surface area contributed by atoms with Gasteiger partial charge in [-0.25, -0.2) is 0 Å². The Hall–Kier alpha value is -0.710. The van der Waals surface area contributed by atoms with Gasteiger partial charge in [0.05, 0.1) is 10.7 Å². The molecule has 0 spiro atoms. The number of thioether (sulfide) groups is 1. The highest BCUT2D eigenvalue weighted by molar-refractivity contribution is 9.10. The van der Waals surface area contributed by atoms with E-state index in [-0.39, 0.29) is 0 Å². The minimum Gasteiger partial charge on any atom is -0.465 e. The lowest BCUT2D eigenvalue weighted by atomic mass is 10.1. The normalized spacial score (nSPS) is 12.7. The first kappa shape index (κ1) is 11.8. The lowest BCUT2D eigenvalue weighted by Crippen LogP contribution is -1.98. The van der Waals surface area contributed by atoms with Gasteiger partial charge in [0.25, 0.3) is 0 Å². The molecule has 1 N–H and O–H groups in total. The molecule has 4 heteroatoms. The fourth-order valence-corrected chi connectivity index (χ4v) is 2.26. The SMILES string of the molecule is CSc1ccc(C(O)c2occc2Br)cc1. The Kier molecular flexibility index (Phi) is 3.74. The van der Waals surface area contributed by atoms with Crippen LogP contribution in [-0.2, 0) is 0 Å². The van der Waals surface area contributed by atoms with Crippen LogP contribution in [0.3, 0.4) is 0 Å². The van der Waals surface area contributed by atoms with E-state index in [2.05, 4.69) is 15.9 Å². The Morgan fingerprint density at radius 2 is 1.94 bits per heavy atom. The molecule has 1 aromatic heterocycles. The third-order valence-corrected chi connectivity index (χ3v) is 3.72. The molecular formula is C12H11BrO2S. The third kappa shape index (κ3) is 2.34. The van der Waals surface area contributed by atoms with Crippen LogP contribution in [0, 0.1) is 0 Å². The molecule has 0 bridgehead atoms. The maximum absolute atomic E-state index is 10.1. The first-order chi connectivity index (χ1) is 7.72. The van der Waals surface area contributed by atoms with Gasteiger partial charge in [0.2, 0.25) is 0 Å². The highest BCUT2D eigenvalue weighted by Gasteiger charge is 2.16. The zero-order valence-electron chi connectivity index (χ0n) is 8.68. The van der Waals surface area contributed by atoms with Crippen molar-refractivity contribution in [3.8, 4) is 0 Å². The smallest absolute Gasteiger partial charge is 0.150 e. The number of hydrogen-bond donors (Lipinski definition) is 1. The van der Waals surface area contributed by atoms with Gasteiger partial charge in [-0.3, -0.25) is 0 Å². The lowest BCUT2D eigenvalue weighted by molar-refractivity contribution is 0.188. The molecule has 0 aliphatic heterocycles. The Bertz CT molecular complexity index is 464. The van der Waals surface area contributed by atoms with E-state index in [9.17, 15) is 5.11 Å². The standard InChI is InChI=1S/C12H11BrO2S/c1-16-9-4-2-8(3-5-9)11(14)12-10(13)6-7-15-12/h2-7,11,14H,1H3. The van der Waals surface area contributed by atoms with Crippen LogP contribution >= 0.6 is 27.7 Å². The highest BCUT2D eigenvalue weighted by atomic mass is 79.9. The van der Waals surface area contributed by atoms with Gasteiger partial charge in [-0.05, 0) is 45.9 Å². The number of aliphatic hydroxyl groups excluding tert-OH is 1. The summed E-state index contributed by atoms with van der Waals surface area (Å²) < 4.78 is 6.02. The number of furan rings is 1. The van der Waals surface area contributed by atoms with Gasteiger partial charge in [-0.2, -0.15) is 0 Å². The predicted octanol–water partition coefficient (Wildman–Crippen LogP) is 3.85. The van der Waals surface area contributed by atoms with Crippen LogP contribution in [0.5, 0.6) is 0 Å². The molecule has 2 aromatic rings. The second kappa shape index (κ2) is 5.08. The number of rotatable bonds is 3. The summed E-state index contributed by atoms with van der Waals surface area (Å²) >= 11 is 5.01. The molecule has 0 radical (unpaired) electrons. The minimum atomic E-state index is -0.722. The first-order valence-electron chi connectivity index (χ1n) is 4.77. The number of aliphatic hydroxyl groups is 1. The van der Waals surface area contributed by atoms with Crippen LogP contribution in [0.2, 0.25) is 0 Å². The van der Waals surface area contributed by atoms with Crippen molar-refractivity contribution < 1.29 is 9.52 Å². The van der Waals surface area contributed by atoms with Crippen molar-refractivity contribution in [2.45, 2.75) is 11.0 Å². The summed E-state index contributed by atoms with van der Waals surface area (Å²) in [5.41, 5.74) is 0.827. The topological polar surface area (TPSA) is 33.4 Å². The zero-order valence-corrected chi connectivity index (χ0v) is 11.1. The molecule has 1 atom stereocenters. The van der Waals surface area contributed by atoms with Crippen LogP contribution in [0.1, 0.15) is 17.4 Å². The molecule has 84 valence electrons. The molecule has 0 fully saturated rings. The van der Waals surface area contributed by atoms with Gasteiger partial charge in [0.15, 0.2) is 5.76 Å². The fraction of sp³-hybridized carbons (Fsp3) is 0.167. The summed E-state index contributed by atoms with van der Waals surface area (Å²) in [6.07, 6.45) is 2.85.